The zero-order valence-corrected chi connectivity index (χ0v) is 11.3. The van der Waals surface area contributed by atoms with Gasteiger partial charge in [-0.15, -0.1) is 0 Å². The maximum atomic E-state index is 11.9. The van der Waals surface area contributed by atoms with E-state index in [1.54, 1.807) is 7.05 Å². The van der Waals surface area contributed by atoms with Crippen molar-refractivity contribution in [3.8, 4) is 0 Å². The molecule has 2 N–H and O–H groups in total. The first-order valence-corrected chi connectivity index (χ1v) is 7.93. The Hall–Kier alpha value is -0.170. The van der Waals surface area contributed by atoms with E-state index in [0.717, 1.165) is 19.5 Å². The molecule has 0 aromatic carbocycles. The van der Waals surface area contributed by atoms with Crippen LogP contribution in [0, 0.1) is 11.8 Å². The Bertz CT molecular complexity index is 335. The average molecular weight is 261 g/mol. The number of nitrogens with one attached hydrogen (secondary N) is 2. The topological polar surface area (TPSA) is 61.4 Å². The summed E-state index contributed by atoms with van der Waals surface area (Å²) in [6.07, 6.45) is 4.45. The summed E-state index contributed by atoms with van der Waals surface area (Å²) in [5.74, 6) is 1.22. The summed E-state index contributed by atoms with van der Waals surface area (Å²) >= 11 is 0. The molecule has 1 atom stereocenters. The quantitative estimate of drug-likeness (QED) is 0.686. The Labute approximate surface area is 104 Å². The lowest BCUT2D eigenvalue weighted by molar-refractivity contribution is 0.437. The van der Waals surface area contributed by atoms with E-state index in [9.17, 15) is 8.42 Å². The molecule has 2 rings (SSSR count). The Morgan fingerprint density at radius 3 is 2.65 bits per heavy atom. The van der Waals surface area contributed by atoms with Crippen molar-refractivity contribution in [2.45, 2.75) is 25.7 Å². The van der Waals surface area contributed by atoms with E-state index in [1.807, 2.05) is 0 Å². The summed E-state index contributed by atoms with van der Waals surface area (Å²) in [5.41, 5.74) is 0. The smallest absolute Gasteiger partial charge is 0.279 e. The second kappa shape index (κ2) is 5.65. The molecule has 6 heteroatoms. The Morgan fingerprint density at radius 2 is 2.06 bits per heavy atom. The van der Waals surface area contributed by atoms with E-state index in [0.29, 0.717) is 24.9 Å². The lowest BCUT2D eigenvalue weighted by atomic mass is 10.1. The van der Waals surface area contributed by atoms with Crippen molar-refractivity contribution in [3.63, 3.8) is 0 Å². The highest BCUT2D eigenvalue weighted by molar-refractivity contribution is 7.87. The molecule has 0 spiro atoms. The predicted molar refractivity (Wildman–Crippen MR) is 67.9 cm³/mol. The molecule has 17 heavy (non-hydrogen) atoms. The van der Waals surface area contributed by atoms with Gasteiger partial charge in [-0.3, -0.25) is 0 Å². The van der Waals surface area contributed by atoms with Crippen molar-refractivity contribution in [1.82, 2.24) is 14.3 Å². The number of hydrogen-bond donors (Lipinski definition) is 2. The molecule has 0 aromatic heterocycles. The van der Waals surface area contributed by atoms with Gasteiger partial charge in [-0.25, -0.2) is 4.72 Å². The van der Waals surface area contributed by atoms with E-state index in [1.165, 1.54) is 23.6 Å². The first kappa shape index (κ1) is 13.3. The normalized spacial score (nSPS) is 25.6. The molecule has 2 fully saturated rings. The highest BCUT2D eigenvalue weighted by atomic mass is 32.2. The van der Waals surface area contributed by atoms with Gasteiger partial charge < -0.3 is 5.32 Å². The monoisotopic (exact) mass is 261 g/mol. The summed E-state index contributed by atoms with van der Waals surface area (Å²) in [5, 5.41) is 3.29. The third-order valence-corrected chi connectivity index (χ3v) is 5.16. The van der Waals surface area contributed by atoms with Gasteiger partial charge in [0.05, 0.1) is 0 Å². The van der Waals surface area contributed by atoms with Crippen molar-refractivity contribution in [2.75, 3.05) is 33.2 Å². The van der Waals surface area contributed by atoms with Crippen molar-refractivity contribution in [1.29, 1.82) is 0 Å². The van der Waals surface area contributed by atoms with Gasteiger partial charge in [-0.05, 0) is 50.6 Å². The van der Waals surface area contributed by atoms with Crippen LogP contribution in [0.2, 0.25) is 0 Å². The summed E-state index contributed by atoms with van der Waals surface area (Å²) in [7, 11) is -1.58. The summed E-state index contributed by atoms with van der Waals surface area (Å²) in [6, 6.07) is 0. The van der Waals surface area contributed by atoms with Crippen LogP contribution < -0.4 is 10.0 Å². The molecule has 1 heterocycles. The van der Waals surface area contributed by atoms with Gasteiger partial charge in [0.2, 0.25) is 0 Å². The van der Waals surface area contributed by atoms with E-state index >= 15 is 0 Å². The van der Waals surface area contributed by atoms with Crippen LogP contribution in [0.4, 0.5) is 0 Å². The van der Waals surface area contributed by atoms with Crippen molar-refractivity contribution >= 4 is 10.2 Å². The molecule has 5 nitrogen and oxygen atoms in total. The van der Waals surface area contributed by atoms with Crippen LogP contribution in [0.5, 0.6) is 0 Å². The van der Waals surface area contributed by atoms with Gasteiger partial charge in [-0.2, -0.15) is 12.7 Å². The standard InChI is InChI=1S/C11H23N3O2S/c1-14(9-11-2-3-11)17(15,16)13-7-5-10-4-6-12-8-10/h10-13H,2-9H2,1H3. The van der Waals surface area contributed by atoms with Crippen molar-refractivity contribution in [2.24, 2.45) is 11.8 Å². The molecule has 1 unspecified atom stereocenters. The zero-order chi connectivity index (χ0) is 12.3. The van der Waals surface area contributed by atoms with Gasteiger partial charge >= 0.3 is 0 Å². The van der Waals surface area contributed by atoms with Gasteiger partial charge in [-0.1, -0.05) is 0 Å². The van der Waals surface area contributed by atoms with E-state index in [2.05, 4.69) is 10.0 Å². The van der Waals surface area contributed by atoms with Gasteiger partial charge in [0, 0.05) is 20.1 Å². The summed E-state index contributed by atoms with van der Waals surface area (Å²) in [6.45, 7) is 3.32. The molecule has 1 aliphatic heterocycles. The van der Waals surface area contributed by atoms with Crippen LogP contribution >= 0.6 is 0 Å². The number of nitrogens with zero attached hydrogens (tertiary/aromatic N) is 1. The molecule has 0 radical (unpaired) electrons. The minimum atomic E-state index is -3.24. The Balaban J connectivity index is 1.68. The third kappa shape index (κ3) is 4.21. The zero-order valence-electron chi connectivity index (χ0n) is 10.5. The Morgan fingerprint density at radius 1 is 1.29 bits per heavy atom. The van der Waals surface area contributed by atoms with Gasteiger partial charge in [0.1, 0.15) is 0 Å². The Kier molecular flexibility index (Phi) is 4.41. The van der Waals surface area contributed by atoms with Crippen LogP contribution in [-0.4, -0.2) is 45.9 Å². The first-order valence-electron chi connectivity index (χ1n) is 6.49. The van der Waals surface area contributed by atoms with Crippen LogP contribution in [-0.2, 0) is 10.2 Å². The number of hydrogen-bond acceptors (Lipinski definition) is 3. The van der Waals surface area contributed by atoms with Gasteiger partial charge in [0.15, 0.2) is 0 Å². The lowest BCUT2D eigenvalue weighted by Crippen LogP contribution is -2.40. The fourth-order valence-electron chi connectivity index (χ4n) is 2.23. The van der Waals surface area contributed by atoms with E-state index in [-0.39, 0.29) is 0 Å². The second-order valence-electron chi connectivity index (χ2n) is 5.27. The highest BCUT2D eigenvalue weighted by Crippen LogP contribution is 2.29. The molecule has 1 aliphatic carbocycles. The SMILES string of the molecule is CN(CC1CC1)S(=O)(=O)NCCC1CCNC1. The maximum absolute atomic E-state index is 11.9. The fraction of sp³-hybridized carbons (Fsp3) is 1.00. The summed E-state index contributed by atoms with van der Waals surface area (Å²) < 4.78 is 27.9. The lowest BCUT2D eigenvalue weighted by Gasteiger charge is -2.18. The highest BCUT2D eigenvalue weighted by Gasteiger charge is 2.28. The largest absolute Gasteiger partial charge is 0.316 e. The fourth-order valence-corrected chi connectivity index (χ4v) is 3.23. The third-order valence-electron chi connectivity index (χ3n) is 3.62. The molecule has 0 amide bonds. The molecule has 1 saturated carbocycles. The first-order chi connectivity index (χ1) is 8.08. The van der Waals surface area contributed by atoms with Crippen LogP contribution in [0.25, 0.3) is 0 Å². The van der Waals surface area contributed by atoms with Gasteiger partial charge in [0.25, 0.3) is 10.2 Å². The maximum Gasteiger partial charge on any atom is 0.279 e. The van der Waals surface area contributed by atoms with E-state index in [4.69, 9.17) is 0 Å². The molecule has 2 aliphatic rings. The van der Waals surface area contributed by atoms with Crippen molar-refractivity contribution < 1.29 is 8.42 Å². The minimum absolute atomic E-state index is 0.559. The average Bonchev–Trinajstić information content (AvgIpc) is 2.93. The molecule has 100 valence electrons. The molecular weight excluding hydrogens is 238 g/mol. The van der Waals surface area contributed by atoms with Crippen molar-refractivity contribution in [3.05, 3.63) is 0 Å². The number of rotatable bonds is 7. The second-order valence-corrected chi connectivity index (χ2v) is 7.13. The van der Waals surface area contributed by atoms with Crippen LogP contribution in [0.1, 0.15) is 25.7 Å². The molecular formula is C11H23N3O2S. The van der Waals surface area contributed by atoms with Crippen LogP contribution in [0.3, 0.4) is 0 Å². The van der Waals surface area contributed by atoms with E-state index < -0.39 is 10.2 Å². The molecule has 1 saturated heterocycles. The summed E-state index contributed by atoms with van der Waals surface area (Å²) in [4.78, 5) is 0. The van der Waals surface area contributed by atoms with Crippen LogP contribution in [0.15, 0.2) is 0 Å². The molecule has 0 bridgehead atoms. The molecule has 0 aromatic rings. The predicted octanol–water partition coefficient (Wildman–Crippen LogP) is 0.162. The minimum Gasteiger partial charge on any atom is -0.316 e.